The van der Waals surface area contributed by atoms with E-state index in [1.807, 2.05) is 39.8 Å². The second-order valence-corrected chi connectivity index (χ2v) is 6.66. The van der Waals surface area contributed by atoms with Crippen molar-refractivity contribution in [2.24, 2.45) is 0 Å². The number of ether oxygens (including phenoxy) is 2. The summed E-state index contributed by atoms with van der Waals surface area (Å²) in [5.74, 6) is 0.991. The van der Waals surface area contributed by atoms with Gasteiger partial charge in [0.1, 0.15) is 11.5 Å². The van der Waals surface area contributed by atoms with Crippen molar-refractivity contribution in [3.8, 4) is 11.5 Å². The summed E-state index contributed by atoms with van der Waals surface area (Å²) < 4.78 is 11.1. The maximum absolute atomic E-state index is 12.7. The predicted molar refractivity (Wildman–Crippen MR) is 114 cm³/mol. The van der Waals surface area contributed by atoms with Gasteiger partial charge in [-0.1, -0.05) is 12.1 Å². The van der Waals surface area contributed by atoms with E-state index in [0.29, 0.717) is 42.5 Å². The number of rotatable bonds is 9. The first kappa shape index (κ1) is 22.1. The zero-order valence-corrected chi connectivity index (χ0v) is 17.4. The predicted octanol–water partition coefficient (Wildman–Crippen LogP) is 3.94. The number of anilines is 1. The molecule has 7 heteroatoms. The molecule has 0 aromatic heterocycles. The van der Waals surface area contributed by atoms with E-state index in [0.717, 1.165) is 5.56 Å². The van der Waals surface area contributed by atoms with E-state index in [1.54, 1.807) is 30.3 Å². The molecule has 156 valence electrons. The second-order valence-electron chi connectivity index (χ2n) is 6.66. The summed E-state index contributed by atoms with van der Waals surface area (Å²) in [6.07, 6.45) is 0. The van der Waals surface area contributed by atoms with Gasteiger partial charge in [-0.05, 0) is 57.5 Å². The van der Waals surface area contributed by atoms with Crippen LogP contribution in [0.2, 0.25) is 0 Å². The van der Waals surface area contributed by atoms with Gasteiger partial charge < -0.3 is 25.4 Å². The van der Waals surface area contributed by atoms with Crippen LogP contribution in [-0.2, 0) is 6.54 Å². The van der Waals surface area contributed by atoms with E-state index in [4.69, 9.17) is 9.47 Å². The van der Waals surface area contributed by atoms with Crippen molar-refractivity contribution in [3.63, 3.8) is 0 Å². The molecular weight excluding hydrogens is 370 g/mol. The van der Waals surface area contributed by atoms with Crippen LogP contribution in [0.15, 0.2) is 42.5 Å². The number of amides is 3. The second kappa shape index (κ2) is 10.9. The van der Waals surface area contributed by atoms with Gasteiger partial charge in [-0.2, -0.15) is 0 Å². The van der Waals surface area contributed by atoms with Gasteiger partial charge >= 0.3 is 6.03 Å². The van der Waals surface area contributed by atoms with Crippen LogP contribution in [0.1, 0.15) is 43.6 Å². The molecule has 0 fully saturated rings. The molecule has 2 rings (SSSR count). The molecule has 0 aliphatic heterocycles. The van der Waals surface area contributed by atoms with Crippen molar-refractivity contribution >= 4 is 17.6 Å². The standard InChI is InChI=1S/C22H29N3O4/c1-5-28-18-11-12-20(29-6-2)19(13-18)25-21(26)17-9-7-16(8-10-17)14-23-22(27)24-15(3)4/h7-13,15H,5-6,14H2,1-4H3,(H,25,26)(H2,23,24,27). The van der Waals surface area contributed by atoms with E-state index >= 15 is 0 Å². The van der Waals surface area contributed by atoms with Crippen molar-refractivity contribution in [1.82, 2.24) is 10.6 Å². The third-order valence-corrected chi connectivity index (χ3v) is 3.90. The van der Waals surface area contributed by atoms with Crippen LogP contribution in [0.3, 0.4) is 0 Å². The van der Waals surface area contributed by atoms with Crippen molar-refractivity contribution in [2.45, 2.75) is 40.3 Å². The molecule has 0 saturated heterocycles. The number of carbonyl (C=O) groups excluding carboxylic acids is 2. The number of urea groups is 1. The minimum atomic E-state index is -0.253. The van der Waals surface area contributed by atoms with Crippen LogP contribution in [-0.4, -0.2) is 31.2 Å². The summed E-state index contributed by atoms with van der Waals surface area (Å²) in [5, 5.41) is 8.42. The maximum atomic E-state index is 12.7. The lowest BCUT2D eigenvalue weighted by atomic mass is 10.1. The van der Waals surface area contributed by atoms with Crippen molar-refractivity contribution in [1.29, 1.82) is 0 Å². The highest BCUT2D eigenvalue weighted by Gasteiger charge is 2.12. The van der Waals surface area contributed by atoms with Gasteiger partial charge in [0, 0.05) is 24.2 Å². The molecule has 0 spiro atoms. The number of carbonyl (C=O) groups is 2. The van der Waals surface area contributed by atoms with Crippen molar-refractivity contribution in [2.75, 3.05) is 18.5 Å². The van der Waals surface area contributed by atoms with E-state index in [2.05, 4.69) is 16.0 Å². The minimum Gasteiger partial charge on any atom is -0.494 e. The quantitative estimate of drug-likeness (QED) is 0.596. The van der Waals surface area contributed by atoms with Crippen LogP contribution in [0.4, 0.5) is 10.5 Å². The van der Waals surface area contributed by atoms with Gasteiger partial charge in [-0.3, -0.25) is 4.79 Å². The average Bonchev–Trinajstić information content (AvgIpc) is 2.68. The van der Waals surface area contributed by atoms with E-state index in [1.165, 1.54) is 0 Å². The number of nitrogens with one attached hydrogen (secondary N) is 3. The maximum Gasteiger partial charge on any atom is 0.315 e. The Labute approximate surface area is 171 Å². The molecular formula is C22H29N3O4. The van der Waals surface area contributed by atoms with Gasteiger partial charge in [-0.25, -0.2) is 4.79 Å². The Hall–Kier alpha value is -3.22. The van der Waals surface area contributed by atoms with Gasteiger partial charge in [-0.15, -0.1) is 0 Å². The normalized spacial score (nSPS) is 10.4. The van der Waals surface area contributed by atoms with Gasteiger partial charge in [0.05, 0.1) is 18.9 Å². The Morgan fingerprint density at radius 2 is 1.66 bits per heavy atom. The van der Waals surface area contributed by atoms with Crippen LogP contribution in [0.5, 0.6) is 11.5 Å². The Morgan fingerprint density at radius 3 is 2.28 bits per heavy atom. The molecule has 0 atom stereocenters. The first-order valence-electron chi connectivity index (χ1n) is 9.77. The summed E-state index contributed by atoms with van der Waals surface area (Å²) >= 11 is 0. The SMILES string of the molecule is CCOc1ccc(OCC)c(NC(=O)c2ccc(CNC(=O)NC(C)C)cc2)c1. The minimum absolute atomic E-state index is 0.0730. The Kier molecular flexibility index (Phi) is 8.33. The lowest BCUT2D eigenvalue weighted by Gasteiger charge is -2.14. The zero-order valence-electron chi connectivity index (χ0n) is 17.4. The molecule has 0 saturated carbocycles. The molecule has 0 bridgehead atoms. The van der Waals surface area contributed by atoms with E-state index in [-0.39, 0.29) is 18.0 Å². The number of hydrogen-bond donors (Lipinski definition) is 3. The molecule has 7 nitrogen and oxygen atoms in total. The van der Waals surface area contributed by atoms with E-state index in [9.17, 15) is 9.59 Å². The first-order chi connectivity index (χ1) is 13.9. The molecule has 3 N–H and O–H groups in total. The Bertz CT molecular complexity index is 819. The molecule has 29 heavy (non-hydrogen) atoms. The lowest BCUT2D eigenvalue weighted by molar-refractivity contribution is 0.102. The summed E-state index contributed by atoms with van der Waals surface area (Å²) in [4.78, 5) is 24.3. The molecule has 0 aliphatic carbocycles. The Balaban J connectivity index is 2.03. The largest absolute Gasteiger partial charge is 0.494 e. The Morgan fingerprint density at radius 1 is 0.966 bits per heavy atom. The number of benzene rings is 2. The fourth-order valence-electron chi connectivity index (χ4n) is 2.61. The summed E-state index contributed by atoms with van der Waals surface area (Å²) in [6.45, 7) is 8.98. The molecule has 2 aromatic carbocycles. The highest BCUT2D eigenvalue weighted by Crippen LogP contribution is 2.30. The topological polar surface area (TPSA) is 88.7 Å². The first-order valence-corrected chi connectivity index (χ1v) is 9.77. The third-order valence-electron chi connectivity index (χ3n) is 3.90. The average molecular weight is 399 g/mol. The van der Waals surface area contributed by atoms with Crippen molar-refractivity contribution in [3.05, 3.63) is 53.6 Å². The summed E-state index contributed by atoms with van der Waals surface area (Å²) in [5.41, 5.74) is 1.96. The lowest BCUT2D eigenvalue weighted by Crippen LogP contribution is -2.39. The van der Waals surface area contributed by atoms with Crippen LogP contribution < -0.4 is 25.4 Å². The summed E-state index contributed by atoms with van der Waals surface area (Å²) in [6, 6.07) is 12.2. The molecule has 0 radical (unpaired) electrons. The van der Waals surface area contributed by atoms with Gasteiger partial charge in [0.25, 0.3) is 5.91 Å². The molecule has 0 unspecified atom stereocenters. The van der Waals surface area contributed by atoms with Gasteiger partial charge in [0.2, 0.25) is 0 Å². The monoisotopic (exact) mass is 399 g/mol. The smallest absolute Gasteiger partial charge is 0.315 e. The van der Waals surface area contributed by atoms with Crippen LogP contribution in [0.25, 0.3) is 0 Å². The summed E-state index contributed by atoms with van der Waals surface area (Å²) in [7, 11) is 0. The molecule has 2 aromatic rings. The van der Waals surface area contributed by atoms with Crippen LogP contribution in [0, 0.1) is 0 Å². The highest BCUT2D eigenvalue weighted by molar-refractivity contribution is 6.05. The zero-order chi connectivity index (χ0) is 21.2. The van der Waals surface area contributed by atoms with Crippen molar-refractivity contribution < 1.29 is 19.1 Å². The third kappa shape index (κ3) is 7.03. The molecule has 0 heterocycles. The van der Waals surface area contributed by atoms with Crippen LogP contribution >= 0.6 is 0 Å². The number of hydrogen-bond acceptors (Lipinski definition) is 4. The van der Waals surface area contributed by atoms with E-state index < -0.39 is 0 Å². The fourth-order valence-corrected chi connectivity index (χ4v) is 2.61. The fraction of sp³-hybridized carbons (Fsp3) is 0.364. The molecule has 3 amide bonds. The van der Waals surface area contributed by atoms with Gasteiger partial charge in [0.15, 0.2) is 0 Å². The molecule has 0 aliphatic rings. The highest BCUT2D eigenvalue weighted by atomic mass is 16.5.